The van der Waals surface area contributed by atoms with Gasteiger partial charge in [-0.2, -0.15) is 0 Å². The predicted octanol–water partition coefficient (Wildman–Crippen LogP) is 4.32. The molecule has 0 radical (unpaired) electrons. The van der Waals surface area contributed by atoms with Gasteiger partial charge in [-0.05, 0) is 60.9 Å². The molecule has 0 aliphatic carbocycles. The molecule has 1 heterocycles. The second-order valence-electron chi connectivity index (χ2n) is 6.27. The van der Waals surface area contributed by atoms with Crippen molar-refractivity contribution in [1.29, 1.82) is 0 Å². The van der Waals surface area contributed by atoms with Crippen molar-refractivity contribution in [1.82, 2.24) is 4.98 Å². The summed E-state index contributed by atoms with van der Waals surface area (Å²) in [4.78, 5) is 15.7. The van der Waals surface area contributed by atoms with Gasteiger partial charge in [-0.1, -0.05) is 6.07 Å². The summed E-state index contributed by atoms with van der Waals surface area (Å²) < 4.78 is 32.4. The van der Waals surface area contributed by atoms with Crippen molar-refractivity contribution in [3.63, 3.8) is 0 Å². The number of carbonyl (C=O) groups excluding carboxylic acids is 1. The highest BCUT2D eigenvalue weighted by atomic mass is 19.2. The minimum absolute atomic E-state index is 0.179. The van der Waals surface area contributed by atoms with E-state index in [9.17, 15) is 13.6 Å². The van der Waals surface area contributed by atoms with Gasteiger partial charge in [0.05, 0.1) is 5.69 Å². The van der Waals surface area contributed by atoms with Crippen molar-refractivity contribution >= 4 is 5.91 Å². The Labute approximate surface area is 155 Å². The normalized spacial score (nSPS) is 10.7. The molecular formula is C21H18F2N2O2. The van der Waals surface area contributed by atoms with E-state index < -0.39 is 17.5 Å². The molecule has 1 aromatic heterocycles. The van der Waals surface area contributed by atoms with E-state index in [-0.39, 0.29) is 17.9 Å². The van der Waals surface area contributed by atoms with Crippen LogP contribution in [0.4, 0.5) is 8.78 Å². The first-order valence-electron chi connectivity index (χ1n) is 8.29. The zero-order valence-electron chi connectivity index (χ0n) is 14.9. The highest BCUT2D eigenvalue weighted by molar-refractivity contribution is 5.94. The summed E-state index contributed by atoms with van der Waals surface area (Å²) in [6.07, 6.45) is 1.64. The van der Waals surface area contributed by atoms with Crippen molar-refractivity contribution in [3.05, 3.63) is 82.5 Å². The fraction of sp³-hybridized carbons (Fsp3) is 0.143. The van der Waals surface area contributed by atoms with E-state index in [1.807, 2.05) is 19.1 Å². The molecule has 0 aliphatic rings. The average Bonchev–Trinajstić information content (AvgIpc) is 2.64. The van der Waals surface area contributed by atoms with Crippen LogP contribution in [0.2, 0.25) is 0 Å². The van der Waals surface area contributed by atoms with Crippen LogP contribution in [-0.2, 0) is 6.61 Å². The molecule has 27 heavy (non-hydrogen) atoms. The lowest BCUT2D eigenvalue weighted by molar-refractivity contribution is 0.0999. The summed E-state index contributed by atoms with van der Waals surface area (Å²) in [5, 5.41) is 0. The van der Waals surface area contributed by atoms with Crippen molar-refractivity contribution < 1.29 is 18.3 Å². The average molecular weight is 368 g/mol. The predicted molar refractivity (Wildman–Crippen MR) is 98.4 cm³/mol. The Bertz CT molecular complexity index is 996. The minimum atomic E-state index is -0.939. The maximum Gasteiger partial charge on any atom is 0.248 e. The number of halogens is 2. The number of nitrogens with two attached hydrogens (primary N) is 1. The number of hydrogen-bond donors (Lipinski definition) is 1. The van der Waals surface area contributed by atoms with Crippen molar-refractivity contribution in [2.45, 2.75) is 20.5 Å². The third-order valence-corrected chi connectivity index (χ3v) is 4.20. The molecule has 138 valence electrons. The number of primary amides is 1. The molecule has 0 saturated heterocycles. The summed E-state index contributed by atoms with van der Waals surface area (Å²) in [6.45, 7) is 3.47. The molecule has 0 spiro atoms. The molecule has 0 atom stereocenters. The third kappa shape index (κ3) is 4.11. The molecule has 4 nitrogen and oxygen atoms in total. The van der Waals surface area contributed by atoms with Gasteiger partial charge in [0.2, 0.25) is 5.91 Å². The van der Waals surface area contributed by atoms with E-state index in [4.69, 9.17) is 10.5 Å². The first-order valence-corrected chi connectivity index (χ1v) is 8.29. The van der Waals surface area contributed by atoms with E-state index in [0.717, 1.165) is 22.8 Å². The fourth-order valence-electron chi connectivity index (χ4n) is 2.77. The molecular weight excluding hydrogens is 350 g/mol. The quantitative estimate of drug-likeness (QED) is 0.729. The lowest BCUT2D eigenvalue weighted by atomic mass is 10.0. The van der Waals surface area contributed by atoms with Crippen LogP contribution < -0.4 is 10.5 Å². The van der Waals surface area contributed by atoms with E-state index in [1.54, 1.807) is 24.4 Å². The van der Waals surface area contributed by atoms with Gasteiger partial charge < -0.3 is 10.5 Å². The molecule has 6 heteroatoms. The van der Waals surface area contributed by atoms with Crippen LogP contribution in [0.3, 0.4) is 0 Å². The number of aryl methyl sites for hydroxylation is 2. The third-order valence-electron chi connectivity index (χ3n) is 4.20. The largest absolute Gasteiger partial charge is 0.489 e. The highest BCUT2D eigenvalue weighted by Gasteiger charge is 2.10. The second-order valence-corrected chi connectivity index (χ2v) is 6.27. The molecule has 3 rings (SSSR count). The fourth-order valence-corrected chi connectivity index (χ4v) is 2.77. The summed E-state index contributed by atoms with van der Waals surface area (Å²) in [7, 11) is 0. The first-order chi connectivity index (χ1) is 12.8. The van der Waals surface area contributed by atoms with Gasteiger partial charge >= 0.3 is 0 Å². The van der Waals surface area contributed by atoms with Crippen LogP contribution in [0.15, 0.2) is 48.7 Å². The van der Waals surface area contributed by atoms with E-state index in [1.165, 1.54) is 13.0 Å². The minimum Gasteiger partial charge on any atom is -0.489 e. The molecule has 0 aliphatic heterocycles. The Morgan fingerprint density at radius 2 is 1.85 bits per heavy atom. The second kappa shape index (κ2) is 7.53. The SMILES string of the molecule is Cc1cc(-c2cc(COc3cc(C)c(F)c(F)c3)ccn2)ccc1C(N)=O. The lowest BCUT2D eigenvalue weighted by Crippen LogP contribution is -2.12. The van der Waals surface area contributed by atoms with Gasteiger partial charge in [0.25, 0.3) is 0 Å². The Morgan fingerprint density at radius 1 is 1.07 bits per heavy atom. The van der Waals surface area contributed by atoms with Gasteiger partial charge in [0.1, 0.15) is 12.4 Å². The monoisotopic (exact) mass is 368 g/mol. The van der Waals surface area contributed by atoms with Crippen LogP contribution >= 0.6 is 0 Å². The van der Waals surface area contributed by atoms with Gasteiger partial charge in [-0.25, -0.2) is 8.78 Å². The molecule has 1 amide bonds. The van der Waals surface area contributed by atoms with Crippen molar-refractivity contribution in [3.8, 4) is 17.0 Å². The highest BCUT2D eigenvalue weighted by Crippen LogP contribution is 2.23. The molecule has 0 unspecified atom stereocenters. The number of hydrogen-bond acceptors (Lipinski definition) is 3. The number of carbonyl (C=O) groups is 1. The van der Waals surface area contributed by atoms with Crippen LogP contribution in [0, 0.1) is 25.5 Å². The zero-order valence-corrected chi connectivity index (χ0v) is 14.9. The maximum absolute atomic E-state index is 13.5. The van der Waals surface area contributed by atoms with Crippen LogP contribution in [0.25, 0.3) is 11.3 Å². The number of pyridine rings is 1. The molecule has 2 N–H and O–H groups in total. The number of amides is 1. The summed E-state index contributed by atoms with van der Waals surface area (Å²) in [5.74, 6) is -2.03. The molecule has 3 aromatic rings. The number of rotatable bonds is 5. The van der Waals surface area contributed by atoms with E-state index in [0.29, 0.717) is 11.3 Å². The van der Waals surface area contributed by atoms with Crippen LogP contribution in [0.5, 0.6) is 5.75 Å². The first kappa shape index (κ1) is 18.5. The lowest BCUT2D eigenvalue weighted by Gasteiger charge is -2.10. The number of benzene rings is 2. The van der Waals surface area contributed by atoms with E-state index >= 15 is 0 Å². The Kier molecular flexibility index (Phi) is 5.16. The van der Waals surface area contributed by atoms with Gasteiger partial charge in [-0.3, -0.25) is 9.78 Å². The number of ether oxygens (including phenoxy) is 1. The van der Waals surface area contributed by atoms with E-state index in [2.05, 4.69) is 4.98 Å². The summed E-state index contributed by atoms with van der Waals surface area (Å²) in [6, 6.07) is 11.4. The maximum atomic E-state index is 13.5. The summed E-state index contributed by atoms with van der Waals surface area (Å²) in [5.41, 5.74) is 9.11. The zero-order chi connectivity index (χ0) is 19.6. The number of nitrogens with zero attached hydrogens (tertiary/aromatic N) is 1. The molecule has 2 aromatic carbocycles. The Hall–Kier alpha value is -3.28. The van der Waals surface area contributed by atoms with Crippen molar-refractivity contribution in [2.24, 2.45) is 5.73 Å². The molecule has 0 bridgehead atoms. The summed E-state index contributed by atoms with van der Waals surface area (Å²) >= 11 is 0. The van der Waals surface area contributed by atoms with Crippen molar-refractivity contribution in [2.75, 3.05) is 0 Å². The van der Waals surface area contributed by atoms with Crippen LogP contribution in [0.1, 0.15) is 27.0 Å². The molecule has 0 fully saturated rings. The standard InChI is InChI=1S/C21H18F2N2O2/c1-12-7-15(3-4-17(12)21(24)26)19-9-14(5-6-25-19)11-27-16-8-13(2)20(23)18(22)10-16/h3-10H,11H2,1-2H3,(H2,24,26). The Morgan fingerprint density at radius 3 is 2.52 bits per heavy atom. The number of aromatic nitrogens is 1. The van der Waals surface area contributed by atoms with Crippen LogP contribution in [-0.4, -0.2) is 10.9 Å². The topological polar surface area (TPSA) is 65.2 Å². The van der Waals surface area contributed by atoms with Gasteiger partial charge in [0.15, 0.2) is 11.6 Å². The Balaban J connectivity index is 1.80. The van der Waals surface area contributed by atoms with Gasteiger partial charge in [-0.15, -0.1) is 0 Å². The smallest absolute Gasteiger partial charge is 0.248 e. The molecule has 0 saturated carbocycles. The van der Waals surface area contributed by atoms with Gasteiger partial charge in [0, 0.05) is 23.4 Å².